The maximum absolute atomic E-state index is 12.3. The number of hydrogen-bond acceptors (Lipinski definition) is 10. The Morgan fingerprint density at radius 1 is 0.482 bits per heavy atom. The van der Waals surface area contributed by atoms with Gasteiger partial charge in [-0.05, 0) is 66.1 Å². The zero-order chi connectivity index (χ0) is 39.5. The van der Waals surface area contributed by atoms with E-state index in [4.69, 9.17) is 37.9 Å². The van der Waals surface area contributed by atoms with Crippen molar-refractivity contribution < 1.29 is 47.5 Å². The molecular formula is C46H60O10. The number of carbonyl (C=O) groups is 2. The van der Waals surface area contributed by atoms with Crippen LogP contribution in [0.2, 0.25) is 0 Å². The Kier molecular flexibility index (Phi) is 14.4. The van der Waals surface area contributed by atoms with Crippen molar-refractivity contribution in [2.24, 2.45) is 21.7 Å². The monoisotopic (exact) mass is 772 g/mol. The molecule has 4 fully saturated rings. The van der Waals surface area contributed by atoms with E-state index in [1.807, 2.05) is 0 Å². The molecule has 4 aliphatic rings. The van der Waals surface area contributed by atoms with Gasteiger partial charge in [-0.1, -0.05) is 82.3 Å². The topological polar surface area (TPSA) is 108 Å². The first kappa shape index (κ1) is 42.0. The van der Waals surface area contributed by atoms with Crippen LogP contribution in [-0.4, -0.2) is 91.2 Å². The maximum atomic E-state index is 12.3. The summed E-state index contributed by atoms with van der Waals surface area (Å²) >= 11 is 0. The van der Waals surface area contributed by atoms with Gasteiger partial charge in [0.25, 0.3) is 0 Å². The fourth-order valence-electron chi connectivity index (χ4n) is 6.86. The highest BCUT2D eigenvalue weighted by molar-refractivity contribution is 5.95. The Bertz CT molecular complexity index is 1560. The van der Waals surface area contributed by atoms with Crippen LogP contribution in [0.4, 0.5) is 0 Å². The summed E-state index contributed by atoms with van der Waals surface area (Å²) in [6.45, 7) is 17.9. The van der Waals surface area contributed by atoms with Crippen LogP contribution in [0.25, 0.3) is 11.1 Å². The van der Waals surface area contributed by atoms with Gasteiger partial charge >= 0.3 is 11.9 Å². The first-order chi connectivity index (χ1) is 27.2. The van der Waals surface area contributed by atoms with Crippen LogP contribution in [0.1, 0.15) is 85.2 Å². The number of rotatable bonds is 19. The minimum atomic E-state index is -0.434. The first-order valence-corrected chi connectivity index (χ1v) is 20.3. The Labute approximate surface area is 332 Å². The highest BCUT2D eigenvalue weighted by Crippen LogP contribution is 2.34. The molecule has 0 aliphatic carbocycles. The lowest BCUT2D eigenvalue weighted by molar-refractivity contribution is -0.152. The molecule has 0 radical (unpaired) electrons. The molecule has 0 bridgehead atoms. The highest BCUT2D eigenvalue weighted by atomic mass is 16.6. The molecule has 56 heavy (non-hydrogen) atoms. The zero-order valence-electron chi connectivity index (χ0n) is 33.7. The van der Waals surface area contributed by atoms with Crippen molar-refractivity contribution in [2.45, 2.75) is 66.6 Å². The molecule has 4 aliphatic heterocycles. The van der Waals surface area contributed by atoms with E-state index in [-0.39, 0.29) is 21.7 Å². The molecule has 3 aromatic rings. The molecule has 4 saturated heterocycles. The van der Waals surface area contributed by atoms with Crippen LogP contribution in [0, 0.1) is 21.7 Å². The lowest BCUT2D eigenvalue weighted by Gasteiger charge is -2.40. The quantitative estimate of drug-likeness (QED) is 0.111. The molecule has 7 rings (SSSR count). The molecule has 10 nitrogen and oxygen atoms in total. The fourth-order valence-corrected chi connectivity index (χ4v) is 6.86. The standard InChI is InChI=1S/C26H34O4.C20H26O6/c1-3-25(17-29-18-25)15-27-13-21-5-9-23(10-6-21)24-11-7-22(8-12-24)14-28-16-26(4-2)19-30-20-26;1-3-19(9-23-10-19)13-25-17(21)15-6-5-7-16(8-15)18(22)26-14-20(4-2)11-24-12-20/h5-12H,3-4,13-20H2,1-2H3;5-8H,3-4,9-14H2,1-2H3. The average molecular weight is 773 g/mol. The van der Waals surface area contributed by atoms with Gasteiger partial charge in [0.05, 0.1) is 101 Å². The summed E-state index contributed by atoms with van der Waals surface area (Å²) in [7, 11) is 0. The van der Waals surface area contributed by atoms with E-state index in [0.29, 0.717) is 64.0 Å². The summed E-state index contributed by atoms with van der Waals surface area (Å²) in [4.78, 5) is 24.6. The van der Waals surface area contributed by atoms with Crippen molar-refractivity contribution in [3.05, 3.63) is 95.1 Å². The Balaban J connectivity index is 0.000000192. The lowest BCUT2D eigenvalue weighted by atomic mass is 9.84. The second kappa shape index (κ2) is 19.2. The summed E-state index contributed by atoms with van der Waals surface area (Å²) in [5.41, 5.74) is 5.92. The van der Waals surface area contributed by atoms with Crippen molar-refractivity contribution in [3.63, 3.8) is 0 Å². The SMILES string of the molecule is CCC1(COC(=O)c2cccc(C(=O)OCC3(CC)COC3)c2)COC1.CCC1(COCc2ccc(-c3ccc(COCC4(CC)COC4)cc3)cc2)COC1. The maximum Gasteiger partial charge on any atom is 0.338 e. The smallest absolute Gasteiger partial charge is 0.338 e. The number of ether oxygens (including phenoxy) is 8. The molecule has 10 heteroatoms. The Morgan fingerprint density at radius 2 is 0.804 bits per heavy atom. The normalized spacial score (nSPS) is 19.4. The van der Waals surface area contributed by atoms with E-state index in [1.165, 1.54) is 28.3 Å². The predicted molar refractivity (Wildman–Crippen MR) is 212 cm³/mol. The van der Waals surface area contributed by atoms with E-state index < -0.39 is 11.9 Å². The van der Waals surface area contributed by atoms with E-state index in [9.17, 15) is 9.59 Å². The summed E-state index contributed by atoms with van der Waals surface area (Å²) in [6, 6.07) is 23.8. The van der Waals surface area contributed by atoms with Crippen LogP contribution in [0.5, 0.6) is 0 Å². The van der Waals surface area contributed by atoms with E-state index in [1.54, 1.807) is 18.2 Å². The highest BCUT2D eigenvalue weighted by Gasteiger charge is 2.40. The fraction of sp³-hybridized carbons (Fsp3) is 0.565. The molecular weight excluding hydrogens is 712 g/mol. The molecule has 0 aromatic heterocycles. The lowest BCUT2D eigenvalue weighted by Crippen LogP contribution is -2.46. The van der Waals surface area contributed by atoms with Gasteiger partial charge in [0.2, 0.25) is 0 Å². The van der Waals surface area contributed by atoms with E-state index in [0.717, 1.165) is 65.3 Å². The van der Waals surface area contributed by atoms with Crippen molar-refractivity contribution in [1.82, 2.24) is 0 Å². The molecule has 0 atom stereocenters. The number of benzene rings is 3. The van der Waals surface area contributed by atoms with Crippen molar-refractivity contribution in [1.29, 1.82) is 0 Å². The summed E-state index contributed by atoms with van der Waals surface area (Å²) < 4.78 is 44.0. The van der Waals surface area contributed by atoms with Gasteiger partial charge in [0.15, 0.2) is 0 Å². The van der Waals surface area contributed by atoms with Crippen molar-refractivity contribution >= 4 is 11.9 Å². The second-order valence-electron chi connectivity index (χ2n) is 16.5. The van der Waals surface area contributed by atoms with Gasteiger partial charge in [-0.2, -0.15) is 0 Å². The van der Waals surface area contributed by atoms with Gasteiger partial charge in [-0.3, -0.25) is 0 Å². The van der Waals surface area contributed by atoms with Crippen LogP contribution in [0.15, 0.2) is 72.8 Å². The van der Waals surface area contributed by atoms with Gasteiger partial charge in [0, 0.05) is 10.8 Å². The van der Waals surface area contributed by atoms with Crippen LogP contribution in [0.3, 0.4) is 0 Å². The van der Waals surface area contributed by atoms with E-state index in [2.05, 4.69) is 76.2 Å². The largest absolute Gasteiger partial charge is 0.461 e. The summed E-state index contributed by atoms with van der Waals surface area (Å²) in [5.74, 6) is -0.867. The zero-order valence-corrected chi connectivity index (χ0v) is 33.7. The third-order valence-electron chi connectivity index (χ3n) is 12.2. The summed E-state index contributed by atoms with van der Waals surface area (Å²) in [5, 5.41) is 0. The van der Waals surface area contributed by atoms with Crippen LogP contribution < -0.4 is 0 Å². The molecule has 0 spiro atoms. The molecule has 304 valence electrons. The molecule has 3 aromatic carbocycles. The van der Waals surface area contributed by atoms with E-state index >= 15 is 0 Å². The number of hydrogen-bond donors (Lipinski definition) is 0. The molecule has 0 saturated carbocycles. The Hall–Kier alpha value is -3.64. The van der Waals surface area contributed by atoms with Crippen molar-refractivity contribution in [3.8, 4) is 11.1 Å². The van der Waals surface area contributed by atoms with Gasteiger partial charge in [0.1, 0.15) is 13.2 Å². The minimum absolute atomic E-state index is 0.0640. The summed E-state index contributed by atoms with van der Waals surface area (Å²) in [6.07, 6.45) is 4.02. The predicted octanol–water partition coefficient (Wildman–Crippen LogP) is 8.09. The van der Waals surface area contributed by atoms with Crippen LogP contribution in [-0.2, 0) is 51.1 Å². The number of esters is 2. The molecule has 0 N–H and O–H groups in total. The first-order valence-electron chi connectivity index (χ1n) is 20.3. The van der Waals surface area contributed by atoms with Crippen molar-refractivity contribution in [2.75, 3.05) is 79.3 Å². The molecule has 0 amide bonds. The van der Waals surface area contributed by atoms with Crippen LogP contribution >= 0.6 is 0 Å². The van der Waals surface area contributed by atoms with Gasteiger partial charge in [-0.15, -0.1) is 0 Å². The van der Waals surface area contributed by atoms with Gasteiger partial charge < -0.3 is 37.9 Å². The molecule has 4 heterocycles. The third-order valence-corrected chi connectivity index (χ3v) is 12.2. The average Bonchev–Trinajstić information content (AvgIpc) is 3.17. The Morgan fingerprint density at radius 3 is 1.09 bits per heavy atom. The van der Waals surface area contributed by atoms with Gasteiger partial charge in [-0.25, -0.2) is 9.59 Å². The molecule has 0 unspecified atom stereocenters. The second-order valence-corrected chi connectivity index (χ2v) is 16.5. The third kappa shape index (κ3) is 10.4. The minimum Gasteiger partial charge on any atom is -0.461 e. The number of carbonyl (C=O) groups excluding carboxylic acids is 2.